The van der Waals surface area contributed by atoms with E-state index in [2.05, 4.69) is 21.6 Å². The molecule has 2 aromatic carbocycles. The number of nitrogens with zero attached hydrogens (tertiary/aromatic N) is 3. The van der Waals surface area contributed by atoms with Gasteiger partial charge in [0.25, 0.3) is 0 Å². The van der Waals surface area contributed by atoms with Crippen molar-refractivity contribution in [2.45, 2.75) is 24.3 Å². The van der Waals surface area contributed by atoms with Gasteiger partial charge in [0.05, 0.1) is 21.0 Å². The predicted octanol–water partition coefficient (Wildman–Crippen LogP) is 5.22. The molecule has 0 bridgehead atoms. The molecule has 1 amide bonds. The molecule has 0 fully saturated rings. The summed E-state index contributed by atoms with van der Waals surface area (Å²) in [5.74, 6) is 0.566. The van der Waals surface area contributed by atoms with Crippen LogP contribution in [0.1, 0.15) is 12.5 Å². The first-order valence-electron chi connectivity index (χ1n) is 8.24. The largest absolute Gasteiger partial charge is 0.324 e. The maximum Gasteiger partial charge on any atom is 0.237 e. The zero-order chi connectivity index (χ0) is 19.6. The minimum absolute atomic E-state index is 0.190. The molecule has 0 aliphatic rings. The molecular formula is C19H18Cl2N4OS. The number of carbonyl (C=O) groups excluding carboxylic acids is 1. The third-order valence-corrected chi connectivity index (χ3v) is 5.92. The molecule has 0 unspecified atom stereocenters. The highest BCUT2D eigenvalue weighted by Crippen LogP contribution is 2.31. The molecule has 140 valence electrons. The number of hydrogen-bond donors (Lipinski definition) is 1. The molecule has 0 spiro atoms. The standard InChI is InChI=1S/C19H18Cl2N4OS/c1-11-6-4-7-13(10-11)17-23-24-19(25(17)3)27-12(2)18(26)22-15-9-5-8-14(20)16(15)21/h4-10,12H,1-3H3,(H,22,26)/t12-/m1/s1. The minimum Gasteiger partial charge on any atom is -0.324 e. The van der Waals surface area contributed by atoms with Gasteiger partial charge in [0.2, 0.25) is 5.91 Å². The first-order chi connectivity index (χ1) is 12.9. The van der Waals surface area contributed by atoms with Crippen LogP contribution in [0.25, 0.3) is 11.4 Å². The Labute approximate surface area is 172 Å². The number of aromatic nitrogens is 3. The second-order valence-corrected chi connectivity index (χ2v) is 8.18. The highest BCUT2D eigenvalue weighted by Gasteiger charge is 2.20. The fourth-order valence-corrected chi connectivity index (χ4v) is 3.66. The summed E-state index contributed by atoms with van der Waals surface area (Å²) in [7, 11) is 1.89. The summed E-state index contributed by atoms with van der Waals surface area (Å²) in [6, 6.07) is 13.2. The summed E-state index contributed by atoms with van der Waals surface area (Å²) >= 11 is 13.4. The Morgan fingerprint density at radius 1 is 1.19 bits per heavy atom. The monoisotopic (exact) mass is 420 g/mol. The van der Waals surface area contributed by atoms with E-state index in [9.17, 15) is 4.79 Å². The lowest BCUT2D eigenvalue weighted by Gasteiger charge is -2.13. The summed E-state index contributed by atoms with van der Waals surface area (Å²) in [6.07, 6.45) is 0. The van der Waals surface area contributed by atoms with Crippen LogP contribution in [-0.2, 0) is 11.8 Å². The summed E-state index contributed by atoms with van der Waals surface area (Å²) < 4.78 is 1.88. The van der Waals surface area contributed by atoms with Gasteiger partial charge in [0, 0.05) is 12.6 Å². The molecule has 1 N–H and O–H groups in total. The van der Waals surface area contributed by atoms with E-state index < -0.39 is 5.25 Å². The van der Waals surface area contributed by atoms with E-state index in [0.717, 1.165) is 17.0 Å². The highest BCUT2D eigenvalue weighted by molar-refractivity contribution is 8.00. The quantitative estimate of drug-likeness (QED) is 0.574. The van der Waals surface area contributed by atoms with Gasteiger partial charge < -0.3 is 9.88 Å². The number of rotatable bonds is 5. The number of nitrogens with one attached hydrogen (secondary N) is 1. The van der Waals surface area contributed by atoms with Gasteiger partial charge in [-0.25, -0.2) is 0 Å². The van der Waals surface area contributed by atoms with Crippen LogP contribution in [0.3, 0.4) is 0 Å². The van der Waals surface area contributed by atoms with Crippen LogP contribution in [0, 0.1) is 6.92 Å². The van der Waals surface area contributed by atoms with Crippen LogP contribution in [0.15, 0.2) is 47.6 Å². The van der Waals surface area contributed by atoms with E-state index in [0.29, 0.717) is 20.9 Å². The zero-order valence-corrected chi connectivity index (χ0v) is 17.4. The summed E-state index contributed by atoms with van der Waals surface area (Å²) in [5, 5.41) is 12.3. The maximum absolute atomic E-state index is 12.5. The Bertz CT molecular complexity index is 990. The average Bonchev–Trinajstić information content (AvgIpc) is 2.99. The molecule has 3 aromatic rings. The van der Waals surface area contributed by atoms with Crippen molar-refractivity contribution in [3.05, 3.63) is 58.1 Å². The third-order valence-electron chi connectivity index (χ3n) is 3.97. The smallest absolute Gasteiger partial charge is 0.237 e. The highest BCUT2D eigenvalue weighted by atomic mass is 35.5. The van der Waals surface area contributed by atoms with Crippen molar-refractivity contribution in [1.82, 2.24) is 14.8 Å². The lowest BCUT2D eigenvalue weighted by Crippen LogP contribution is -2.23. The molecule has 1 aromatic heterocycles. The van der Waals surface area contributed by atoms with Crippen molar-refractivity contribution >= 4 is 46.6 Å². The van der Waals surface area contributed by atoms with Crippen molar-refractivity contribution in [3.63, 3.8) is 0 Å². The molecule has 0 saturated heterocycles. The van der Waals surface area contributed by atoms with Gasteiger partial charge in [-0.05, 0) is 32.0 Å². The molecular weight excluding hydrogens is 403 g/mol. The normalized spacial score (nSPS) is 12.0. The van der Waals surface area contributed by atoms with E-state index in [1.807, 2.05) is 36.7 Å². The third kappa shape index (κ3) is 4.46. The Hall–Kier alpha value is -2.02. The van der Waals surface area contributed by atoms with Crippen molar-refractivity contribution < 1.29 is 4.79 Å². The van der Waals surface area contributed by atoms with Gasteiger partial charge in [-0.1, -0.05) is 64.8 Å². The molecule has 8 heteroatoms. The molecule has 0 aliphatic heterocycles. The number of hydrogen-bond acceptors (Lipinski definition) is 4. The van der Waals surface area contributed by atoms with Crippen molar-refractivity contribution in [2.75, 3.05) is 5.32 Å². The Balaban J connectivity index is 1.73. The second-order valence-electron chi connectivity index (χ2n) is 6.09. The van der Waals surface area contributed by atoms with E-state index in [1.54, 1.807) is 25.1 Å². The number of anilines is 1. The Morgan fingerprint density at radius 3 is 2.67 bits per heavy atom. The fourth-order valence-electron chi connectivity index (χ4n) is 2.50. The van der Waals surface area contributed by atoms with Crippen molar-refractivity contribution in [1.29, 1.82) is 0 Å². The van der Waals surface area contributed by atoms with Crippen molar-refractivity contribution in [2.24, 2.45) is 7.05 Å². The minimum atomic E-state index is -0.395. The van der Waals surface area contributed by atoms with Gasteiger partial charge in [0.1, 0.15) is 0 Å². The van der Waals surface area contributed by atoms with Crippen LogP contribution in [0.4, 0.5) is 5.69 Å². The molecule has 1 heterocycles. The van der Waals surface area contributed by atoms with Crippen LogP contribution in [0.2, 0.25) is 10.0 Å². The zero-order valence-electron chi connectivity index (χ0n) is 15.0. The second kappa shape index (κ2) is 8.33. The van der Waals surface area contributed by atoms with Crippen molar-refractivity contribution in [3.8, 4) is 11.4 Å². The predicted molar refractivity (Wildman–Crippen MR) is 112 cm³/mol. The van der Waals surface area contributed by atoms with E-state index in [4.69, 9.17) is 23.2 Å². The average molecular weight is 421 g/mol. The molecule has 3 rings (SSSR count). The molecule has 0 radical (unpaired) electrons. The SMILES string of the molecule is Cc1cccc(-c2nnc(S[C@H](C)C(=O)Nc3cccc(Cl)c3Cl)n2C)c1. The number of carbonyl (C=O) groups is 1. The van der Waals surface area contributed by atoms with Gasteiger partial charge in [-0.2, -0.15) is 0 Å². The lowest BCUT2D eigenvalue weighted by atomic mass is 10.1. The van der Waals surface area contributed by atoms with Gasteiger partial charge in [-0.3, -0.25) is 4.79 Å². The Morgan fingerprint density at radius 2 is 1.93 bits per heavy atom. The van der Waals surface area contributed by atoms with Crippen LogP contribution in [0.5, 0.6) is 0 Å². The number of thioether (sulfide) groups is 1. The first kappa shape index (κ1) is 19.7. The van der Waals surface area contributed by atoms with E-state index >= 15 is 0 Å². The summed E-state index contributed by atoms with van der Waals surface area (Å²) in [6.45, 7) is 3.84. The fraction of sp³-hybridized carbons (Fsp3) is 0.211. The number of halogens is 2. The number of amides is 1. The Kier molecular flexibility index (Phi) is 6.09. The van der Waals surface area contributed by atoms with E-state index in [1.165, 1.54) is 11.8 Å². The molecule has 27 heavy (non-hydrogen) atoms. The first-order valence-corrected chi connectivity index (χ1v) is 9.88. The van der Waals surface area contributed by atoms with Gasteiger partial charge in [0.15, 0.2) is 11.0 Å². The van der Waals surface area contributed by atoms with Gasteiger partial charge >= 0.3 is 0 Å². The number of aryl methyl sites for hydroxylation is 1. The maximum atomic E-state index is 12.5. The van der Waals surface area contributed by atoms with Crippen LogP contribution < -0.4 is 5.32 Å². The van der Waals surface area contributed by atoms with Crippen LogP contribution >= 0.6 is 35.0 Å². The lowest BCUT2D eigenvalue weighted by molar-refractivity contribution is -0.115. The number of benzene rings is 2. The summed E-state index contributed by atoms with van der Waals surface area (Å²) in [5.41, 5.74) is 2.62. The van der Waals surface area contributed by atoms with Crippen LogP contribution in [-0.4, -0.2) is 25.9 Å². The van der Waals surface area contributed by atoms with Gasteiger partial charge in [-0.15, -0.1) is 10.2 Å². The molecule has 1 atom stereocenters. The molecule has 0 aliphatic carbocycles. The molecule has 5 nitrogen and oxygen atoms in total. The molecule has 0 saturated carbocycles. The van der Waals surface area contributed by atoms with E-state index in [-0.39, 0.29) is 5.91 Å². The topological polar surface area (TPSA) is 59.8 Å². The summed E-state index contributed by atoms with van der Waals surface area (Å²) in [4.78, 5) is 12.5.